The van der Waals surface area contributed by atoms with Gasteiger partial charge in [-0.1, -0.05) is 12.7 Å². The van der Waals surface area contributed by atoms with Crippen LogP contribution in [-0.4, -0.2) is 17.3 Å². The van der Waals surface area contributed by atoms with E-state index < -0.39 is 11.4 Å². The molecule has 1 saturated carbocycles. The second kappa shape index (κ2) is 4.49. The quantitative estimate of drug-likeness (QED) is 0.616. The van der Waals surface area contributed by atoms with Gasteiger partial charge in [0.1, 0.15) is 0 Å². The second-order valence-corrected chi connectivity index (χ2v) is 4.79. The van der Waals surface area contributed by atoms with E-state index >= 15 is 0 Å². The Labute approximate surface area is 105 Å². The Kier molecular flexibility index (Phi) is 3.17. The monoisotopic (exact) mass is 251 g/mol. The van der Waals surface area contributed by atoms with E-state index in [1.807, 2.05) is 0 Å². The third kappa shape index (κ3) is 2.13. The maximum absolute atomic E-state index is 13.8. The number of hydrogen-bond acceptors (Lipinski definition) is 4. The number of halogens is 1. The van der Waals surface area contributed by atoms with Gasteiger partial charge in [-0.25, -0.2) is 4.39 Å². The van der Waals surface area contributed by atoms with Gasteiger partial charge >= 0.3 is 0 Å². The molecule has 18 heavy (non-hydrogen) atoms. The highest BCUT2D eigenvalue weighted by Gasteiger charge is 2.34. The molecule has 2 rings (SSSR count). The Morgan fingerprint density at radius 2 is 2.17 bits per heavy atom. The predicted octanol–water partition coefficient (Wildman–Crippen LogP) is 1.96. The van der Waals surface area contributed by atoms with Gasteiger partial charge in [0.25, 0.3) is 0 Å². The topological polar surface area (TPSA) is 84.3 Å². The number of anilines is 3. The summed E-state index contributed by atoms with van der Waals surface area (Å²) in [6.07, 6.45) is 3.86. The van der Waals surface area contributed by atoms with Crippen molar-refractivity contribution >= 4 is 23.1 Å². The zero-order valence-electron chi connectivity index (χ0n) is 10.2. The van der Waals surface area contributed by atoms with Crippen molar-refractivity contribution in [2.45, 2.75) is 24.9 Å². The molecule has 1 aliphatic rings. The van der Waals surface area contributed by atoms with Gasteiger partial charge in [-0.05, 0) is 25.3 Å². The van der Waals surface area contributed by atoms with Crippen LogP contribution < -0.4 is 16.8 Å². The number of aliphatic hydroxyl groups is 1. The minimum atomic E-state index is -0.716. The highest BCUT2D eigenvalue weighted by molar-refractivity contribution is 5.83. The van der Waals surface area contributed by atoms with E-state index in [-0.39, 0.29) is 11.3 Å². The number of nitrogens with two attached hydrogens (primary N) is 2. The van der Waals surface area contributed by atoms with Crippen LogP contribution in [0.3, 0.4) is 0 Å². The molecule has 5 heteroatoms. The van der Waals surface area contributed by atoms with E-state index in [1.54, 1.807) is 0 Å². The van der Waals surface area contributed by atoms with E-state index in [0.29, 0.717) is 17.9 Å². The van der Waals surface area contributed by atoms with Gasteiger partial charge in [-0.15, -0.1) is 0 Å². The average Bonchev–Trinajstić information content (AvgIpc) is 2.31. The van der Waals surface area contributed by atoms with E-state index in [1.165, 1.54) is 12.1 Å². The number of rotatable bonds is 4. The van der Waals surface area contributed by atoms with Crippen molar-refractivity contribution in [3.8, 4) is 0 Å². The molecule has 0 radical (unpaired) electrons. The molecule has 0 amide bonds. The van der Waals surface area contributed by atoms with Crippen LogP contribution >= 0.6 is 0 Å². The molecule has 0 atom stereocenters. The fraction of sp³-hybridized carbons (Fsp3) is 0.385. The molecule has 0 bridgehead atoms. The smallest absolute Gasteiger partial charge is 0.155 e. The normalized spacial score (nSPS) is 17.0. The van der Waals surface area contributed by atoms with Crippen molar-refractivity contribution in [2.24, 2.45) is 0 Å². The van der Waals surface area contributed by atoms with E-state index in [2.05, 4.69) is 11.9 Å². The summed E-state index contributed by atoms with van der Waals surface area (Å²) in [5.74, 6) is -0.540. The molecule has 0 spiro atoms. The molecule has 1 aromatic carbocycles. The van der Waals surface area contributed by atoms with Crippen LogP contribution in [0.5, 0.6) is 0 Å². The van der Waals surface area contributed by atoms with Crippen molar-refractivity contribution in [2.75, 3.05) is 23.3 Å². The average molecular weight is 251 g/mol. The molecule has 1 aliphatic carbocycles. The Morgan fingerprint density at radius 3 is 2.67 bits per heavy atom. The molecule has 0 heterocycles. The van der Waals surface area contributed by atoms with Crippen LogP contribution in [0.1, 0.15) is 24.8 Å². The first-order chi connectivity index (χ1) is 8.47. The van der Waals surface area contributed by atoms with Crippen molar-refractivity contribution < 1.29 is 9.50 Å². The van der Waals surface area contributed by atoms with Crippen molar-refractivity contribution in [1.82, 2.24) is 0 Å². The summed E-state index contributed by atoms with van der Waals surface area (Å²) in [5.41, 5.74) is 11.7. The van der Waals surface area contributed by atoms with E-state index in [4.69, 9.17) is 11.5 Å². The third-order valence-corrected chi connectivity index (χ3v) is 3.46. The largest absolute Gasteiger partial charge is 0.397 e. The lowest BCUT2D eigenvalue weighted by Gasteiger charge is -2.37. The van der Waals surface area contributed by atoms with Crippen LogP contribution in [0.2, 0.25) is 0 Å². The Morgan fingerprint density at radius 1 is 1.50 bits per heavy atom. The van der Waals surface area contributed by atoms with E-state index in [0.717, 1.165) is 19.3 Å². The number of nitrogen functional groups attached to an aromatic ring is 2. The second-order valence-electron chi connectivity index (χ2n) is 4.79. The maximum atomic E-state index is 13.8. The molecule has 1 aromatic rings. The molecular weight excluding hydrogens is 233 g/mol. The molecule has 0 unspecified atom stereocenters. The molecule has 1 fully saturated rings. The summed E-state index contributed by atoms with van der Waals surface area (Å²) in [4.78, 5) is 0. The number of nitrogens with one attached hydrogen (secondary N) is 1. The summed E-state index contributed by atoms with van der Waals surface area (Å²) in [6, 6.07) is 1.48. The van der Waals surface area contributed by atoms with E-state index in [9.17, 15) is 9.50 Å². The van der Waals surface area contributed by atoms with Gasteiger partial charge in [0.05, 0.1) is 22.7 Å². The van der Waals surface area contributed by atoms with Crippen molar-refractivity contribution in [3.63, 3.8) is 0 Å². The summed E-state index contributed by atoms with van der Waals surface area (Å²) in [5, 5.41) is 12.9. The fourth-order valence-electron chi connectivity index (χ4n) is 2.08. The summed E-state index contributed by atoms with van der Waals surface area (Å²) in [7, 11) is 0. The fourth-order valence-corrected chi connectivity index (χ4v) is 2.08. The molecule has 6 N–H and O–H groups in total. The molecule has 98 valence electrons. The summed E-state index contributed by atoms with van der Waals surface area (Å²) >= 11 is 0. The highest BCUT2D eigenvalue weighted by Crippen LogP contribution is 2.35. The lowest BCUT2D eigenvalue weighted by Crippen LogP contribution is -2.43. The maximum Gasteiger partial charge on any atom is 0.155 e. The van der Waals surface area contributed by atoms with Crippen LogP contribution in [0.25, 0.3) is 6.08 Å². The van der Waals surface area contributed by atoms with Crippen LogP contribution in [0.15, 0.2) is 12.6 Å². The van der Waals surface area contributed by atoms with Crippen LogP contribution in [-0.2, 0) is 0 Å². The molecular formula is C13H18FN3O. The summed E-state index contributed by atoms with van der Waals surface area (Å²) < 4.78 is 13.8. The van der Waals surface area contributed by atoms with Crippen molar-refractivity contribution in [3.05, 3.63) is 24.0 Å². The number of hydrogen-bond donors (Lipinski definition) is 4. The standard InChI is InChI=1S/C13H18FN3O/c1-2-8-6-9(15)12(11(16)10(8)14)17-7-13(18)4-3-5-13/h2,6,17-18H,1,3-5,7,15-16H2. The highest BCUT2D eigenvalue weighted by atomic mass is 19.1. The van der Waals surface area contributed by atoms with Gasteiger partial charge in [0.15, 0.2) is 5.82 Å². The molecule has 0 aliphatic heterocycles. The van der Waals surface area contributed by atoms with Gasteiger partial charge in [0, 0.05) is 12.1 Å². The first-order valence-corrected chi connectivity index (χ1v) is 5.93. The molecule has 4 nitrogen and oxygen atoms in total. The lowest BCUT2D eigenvalue weighted by atomic mass is 9.80. The van der Waals surface area contributed by atoms with Gasteiger partial charge in [0.2, 0.25) is 0 Å². The zero-order chi connectivity index (χ0) is 13.3. The first kappa shape index (κ1) is 12.7. The third-order valence-electron chi connectivity index (χ3n) is 3.46. The van der Waals surface area contributed by atoms with Gasteiger partial charge in [-0.3, -0.25) is 0 Å². The van der Waals surface area contributed by atoms with Gasteiger partial charge in [-0.2, -0.15) is 0 Å². The van der Waals surface area contributed by atoms with Gasteiger partial charge < -0.3 is 21.9 Å². The number of benzene rings is 1. The Hall–Kier alpha value is -1.75. The summed E-state index contributed by atoms with van der Waals surface area (Å²) in [6.45, 7) is 3.83. The Bertz CT molecular complexity index is 484. The van der Waals surface area contributed by atoms with Crippen LogP contribution in [0.4, 0.5) is 21.5 Å². The minimum Gasteiger partial charge on any atom is -0.397 e. The molecule has 0 aromatic heterocycles. The lowest BCUT2D eigenvalue weighted by molar-refractivity contribution is -0.0201. The zero-order valence-corrected chi connectivity index (χ0v) is 10.2. The van der Waals surface area contributed by atoms with Crippen LogP contribution in [0, 0.1) is 5.82 Å². The Balaban J connectivity index is 2.22. The molecule has 0 saturated heterocycles. The van der Waals surface area contributed by atoms with Crippen molar-refractivity contribution in [1.29, 1.82) is 0 Å². The predicted molar refractivity (Wildman–Crippen MR) is 72.6 cm³/mol. The minimum absolute atomic E-state index is 0.0344. The first-order valence-electron chi connectivity index (χ1n) is 5.93. The SMILES string of the molecule is C=Cc1cc(N)c(NCC2(O)CCC2)c(N)c1F.